The van der Waals surface area contributed by atoms with E-state index in [4.69, 9.17) is 4.74 Å². The van der Waals surface area contributed by atoms with Crippen LogP contribution in [0.2, 0.25) is 0 Å². The zero-order chi connectivity index (χ0) is 21.8. The summed E-state index contributed by atoms with van der Waals surface area (Å²) in [7, 11) is 0. The summed E-state index contributed by atoms with van der Waals surface area (Å²) in [5.41, 5.74) is 3.26. The number of nitrogens with zero attached hydrogens (tertiary/aromatic N) is 4. The van der Waals surface area contributed by atoms with E-state index in [9.17, 15) is 9.18 Å². The number of hydrogen-bond donors (Lipinski definition) is 1. The van der Waals surface area contributed by atoms with Crippen LogP contribution in [0.4, 0.5) is 15.2 Å². The van der Waals surface area contributed by atoms with Gasteiger partial charge in [-0.1, -0.05) is 30.4 Å². The van der Waals surface area contributed by atoms with Crippen LogP contribution in [0.5, 0.6) is 0 Å². The Morgan fingerprint density at radius 1 is 1.29 bits per heavy atom. The SMILES string of the molecule is CCc1nnc(Nc2cc(C)nc(C3CN(C(=O)Cc4ccc(F)cc4)CCO3)c2)s1. The number of ether oxygens (including phenoxy) is 1. The lowest BCUT2D eigenvalue weighted by Crippen LogP contribution is -2.43. The van der Waals surface area contributed by atoms with Crippen molar-refractivity contribution in [1.29, 1.82) is 0 Å². The van der Waals surface area contributed by atoms with Gasteiger partial charge in [-0.2, -0.15) is 0 Å². The molecule has 1 amide bonds. The van der Waals surface area contributed by atoms with Crippen LogP contribution in [0.1, 0.15) is 35.0 Å². The minimum Gasteiger partial charge on any atom is -0.368 e. The van der Waals surface area contributed by atoms with Crippen molar-refractivity contribution < 1.29 is 13.9 Å². The van der Waals surface area contributed by atoms with Crippen LogP contribution in [-0.4, -0.2) is 45.7 Å². The van der Waals surface area contributed by atoms with Crippen molar-refractivity contribution in [2.24, 2.45) is 0 Å². The van der Waals surface area contributed by atoms with Crippen molar-refractivity contribution in [3.8, 4) is 0 Å². The molecule has 1 N–H and O–H groups in total. The second-order valence-electron chi connectivity index (χ2n) is 7.40. The maximum atomic E-state index is 13.1. The van der Waals surface area contributed by atoms with Gasteiger partial charge in [0.25, 0.3) is 0 Å². The molecular formula is C22H24FN5O2S. The fourth-order valence-corrected chi connectivity index (χ4v) is 4.14. The van der Waals surface area contributed by atoms with E-state index in [0.717, 1.165) is 39.2 Å². The fraction of sp³-hybridized carbons (Fsp3) is 0.364. The number of nitrogens with one attached hydrogen (secondary N) is 1. The number of aromatic nitrogens is 3. The number of benzene rings is 1. The summed E-state index contributed by atoms with van der Waals surface area (Å²) in [6, 6.07) is 9.90. The molecule has 1 atom stereocenters. The first kappa shape index (κ1) is 21.3. The van der Waals surface area contributed by atoms with Gasteiger partial charge < -0.3 is 15.0 Å². The summed E-state index contributed by atoms with van der Waals surface area (Å²) >= 11 is 1.52. The predicted molar refractivity (Wildman–Crippen MR) is 117 cm³/mol. The van der Waals surface area contributed by atoms with Crippen molar-refractivity contribution in [3.05, 3.63) is 64.2 Å². The van der Waals surface area contributed by atoms with Crippen molar-refractivity contribution in [3.63, 3.8) is 0 Å². The largest absolute Gasteiger partial charge is 0.368 e. The smallest absolute Gasteiger partial charge is 0.227 e. The number of amides is 1. The average Bonchev–Trinajstić information content (AvgIpc) is 3.22. The zero-order valence-corrected chi connectivity index (χ0v) is 18.3. The summed E-state index contributed by atoms with van der Waals surface area (Å²) in [6.45, 7) is 5.36. The number of pyridine rings is 1. The molecule has 4 rings (SSSR count). The predicted octanol–water partition coefficient (Wildman–Crippen LogP) is 3.83. The molecule has 1 aliphatic rings. The lowest BCUT2D eigenvalue weighted by molar-refractivity contribution is -0.138. The van der Waals surface area contributed by atoms with E-state index >= 15 is 0 Å². The van der Waals surface area contributed by atoms with E-state index in [1.807, 2.05) is 26.0 Å². The number of aryl methyl sites for hydroxylation is 2. The maximum Gasteiger partial charge on any atom is 0.227 e. The van der Waals surface area contributed by atoms with Gasteiger partial charge in [-0.15, -0.1) is 10.2 Å². The zero-order valence-electron chi connectivity index (χ0n) is 17.5. The van der Waals surface area contributed by atoms with Gasteiger partial charge in [0.15, 0.2) is 0 Å². The van der Waals surface area contributed by atoms with Gasteiger partial charge in [0.05, 0.1) is 25.3 Å². The van der Waals surface area contributed by atoms with Crippen LogP contribution in [0, 0.1) is 12.7 Å². The normalized spacial score (nSPS) is 16.4. The second-order valence-corrected chi connectivity index (χ2v) is 8.47. The fourth-order valence-electron chi connectivity index (χ4n) is 3.45. The number of halogens is 1. The van der Waals surface area contributed by atoms with E-state index in [-0.39, 0.29) is 24.2 Å². The first-order valence-electron chi connectivity index (χ1n) is 10.2. The Balaban J connectivity index is 1.45. The Hall–Kier alpha value is -2.91. The van der Waals surface area contributed by atoms with Crippen LogP contribution >= 0.6 is 11.3 Å². The number of hydrogen-bond acceptors (Lipinski definition) is 7. The quantitative estimate of drug-likeness (QED) is 0.626. The third-order valence-corrected chi connectivity index (χ3v) is 5.99. The topological polar surface area (TPSA) is 80.2 Å². The number of rotatable bonds is 6. The van der Waals surface area contributed by atoms with Crippen molar-refractivity contribution in [2.75, 3.05) is 25.0 Å². The van der Waals surface area contributed by atoms with Gasteiger partial charge in [-0.3, -0.25) is 9.78 Å². The van der Waals surface area contributed by atoms with Gasteiger partial charge in [-0.25, -0.2) is 4.39 Å². The first-order chi connectivity index (χ1) is 15.0. The molecule has 31 heavy (non-hydrogen) atoms. The van der Waals surface area contributed by atoms with E-state index in [2.05, 4.69) is 20.5 Å². The van der Waals surface area contributed by atoms with Crippen molar-refractivity contribution in [1.82, 2.24) is 20.1 Å². The lowest BCUT2D eigenvalue weighted by Gasteiger charge is -2.33. The van der Waals surface area contributed by atoms with Crippen LogP contribution in [-0.2, 0) is 22.4 Å². The molecule has 0 radical (unpaired) electrons. The minimum atomic E-state index is -0.313. The number of morpholine rings is 1. The molecule has 0 aliphatic carbocycles. The molecule has 162 valence electrons. The molecule has 0 bridgehead atoms. The number of carbonyl (C=O) groups is 1. The van der Waals surface area contributed by atoms with E-state index in [1.165, 1.54) is 23.5 Å². The second kappa shape index (κ2) is 9.49. The van der Waals surface area contributed by atoms with E-state index in [0.29, 0.717) is 19.7 Å². The summed E-state index contributed by atoms with van der Waals surface area (Å²) in [4.78, 5) is 19.2. The molecule has 9 heteroatoms. The number of carbonyl (C=O) groups excluding carboxylic acids is 1. The van der Waals surface area contributed by atoms with Gasteiger partial charge in [0, 0.05) is 17.9 Å². The molecular weight excluding hydrogens is 417 g/mol. The standard InChI is InChI=1S/C22H24FN5O2S/c1-3-20-26-27-22(31-20)25-17-10-14(2)24-18(12-17)19-13-28(8-9-30-19)21(29)11-15-4-6-16(23)7-5-15/h4-7,10,12,19H,3,8-9,11,13H2,1-2H3,(H,24,25,27). The molecule has 1 fully saturated rings. The minimum absolute atomic E-state index is 0.00753. The van der Waals surface area contributed by atoms with Crippen LogP contribution in [0.3, 0.4) is 0 Å². The average molecular weight is 442 g/mol. The molecule has 1 saturated heterocycles. The highest BCUT2D eigenvalue weighted by molar-refractivity contribution is 7.15. The van der Waals surface area contributed by atoms with Crippen LogP contribution < -0.4 is 5.32 Å². The van der Waals surface area contributed by atoms with Crippen LogP contribution in [0.25, 0.3) is 0 Å². The molecule has 0 spiro atoms. The van der Waals surface area contributed by atoms with Gasteiger partial charge in [-0.05, 0) is 43.2 Å². The van der Waals surface area contributed by atoms with Gasteiger partial charge >= 0.3 is 0 Å². The highest BCUT2D eigenvalue weighted by atomic mass is 32.1. The Labute approximate surface area is 184 Å². The number of anilines is 2. The first-order valence-corrected chi connectivity index (χ1v) is 11.0. The molecule has 2 aromatic heterocycles. The highest BCUT2D eigenvalue weighted by Crippen LogP contribution is 2.27. The summed E-state index contributed by atoms with van der Waals surface area (Å²) in [5.74, 6) is -0.316. The third-order valence-electron chi connectivity index (χ3n) is 5.01. The maximum absolute atomic E-state index is 13.1. The molecule has 1 unspecified atom stereocenters. The molecule has 3 aromatic rings. The Morgan fingerprint density at radius 3 is 2.84 bits per heavy atom. The third kappa shape index (κ3) is 5.42. The van der Waals surface area contributed by atoms with Crippen LogP contribution in [0.15, 0.2) is 36.4 Å². The molecule has 1 aliphatic heterocycles. The Kier molecular flexibility index (Phi) is 6.53. The monoisotopic (exact) mass is 441 g/mol. The Morgan fingerprint density at radius 2 is 2.10 bits per heavy atom. The van der Waals surface area contributed by atoms with Gasteiger partial charge in [0.2, 0.25) is 11.0 Å². The van der Waals surface area contributed by atoms with Crippen molar-refractivity contribution in [2.45, 2.75) is 32.8 Å². The summed E-state index contributed by atoms with van der Waals surface area (Å²) in [6.07, 6.45) is 0.766. The molecule has 7 nitrogen and oxygen atoms in total. The summed E-state index contributed by atoms with van der Waals surface area (Å²) < 4.78 is 19.0. The van der Waals surface area contributed by atoms with Crippen molar-refractivity contribution >= 4 is 28.1 Å². The molecule has 3 heterocycles. The molecule has 1 aromatic carbocycles. The van der Waals surface area contributed by atoms with E-state index < -0.39 is 0 Å². The Bertz CT molecular complexity index is 1060. The highest BCUT2D eigenvalue weighted by Gasteiger charge is 2.27. The summed E-state index contributed by atoms with van der Waals surface area (Å²) in [5, 5.41) is 13.3. The molecule has 0 saturated carbocycles. The van der Waals surface area contributed by atoms with E-state index in [1.54, 1.807) is 17.0 Å². The lowest BCUT2D eigenvalue weighted by atomic mass is 10.1. The van der Waals surface area contributed by atoms with Gasteiger partial charge in [0.1, 0.15) is 16.9 Å².